The van der Waals surface area contributed by atoms with E-state index in [1.165, 1.54) is 0 Å². The van der Waals surface area contributed by atoms with Crippen molar-refractivity contribution in [2.45, 2.75) is 12.6 Å². The Morgan fingerprint density at radius 3 is 1.70 bits per heavy atom. The van der Waals surface area contributed by atoms with Gasteiger partial charge in [-0.05, 0) is 34.6 Å². The highest BCUT2D eigenvalue weighted by atomic mass is 15.3. The van der Waals surface area contributed by atoms with Crippen molar-refractivity contribution >= 4 is 0 Å². The molecule has 0 radical (unpaired) electrons. The molecule has 0 spiro atoms. The van der Waals surface area contributed by atoms with Gasteiger partial charge in [-0.3, -0.25) is 9.80 Å². The molecule has 0 aliphatic carbocycles. The first-order valence-electron chi connectivity index (χ1n) is 3.53. The van der Waals surface area contributed by atoms with E-state index in [0.29, 0.717) is 6.17 Å². The van der Waals surface area contributed by atoms with E-state index in [1.807, 2.05) is 6.08 Å². The predicted octanol–water partition coefficient (Wildman–Crippen LogP) is 1.01. The summed E-state index contributed by atoms with van der Waals surface area (Å²) in [6.07, 6.45) is 3.45. The second-order valence-corrected chi connectivity index (χ2v) is 2.93. The van der Waals surface area contributed by atoms with E-state index in [-0.39, 0.29) is 0 Å². The molecule has 60 valence electrons. The van der Waals surface area contributed by atoms with E-state index >= 15 is 0 Å². The van der Waals surface area contributed by atoms with E-state index in [2.05, 4.69) is 44.6 Å². The van der Waals surface area contributed by atoms with Gasteiger partial charge in [0.25, 0.3) is 0 Å². The number of rotatable bonds is 4. The van der Waals surface area contributed by atoms with Crippen LogP contribution in [0.3, 0.4) is 0 Å². The zero-order valence-electron chi connectivity index (χ0n) is 7.46. The van der Waals surface area contributed by atoms with Crippen molar-refractivity contribution in [2.24, 2.45) is 0 Å². The molecule has 0 saturated carbocycles. The zero-order valence-corrected chi connectivity index (χ0v) is 7.46. The van der Waals surface area contributed by atoms with Crippen LogP contribution < -0.4 is 0 Å². The van der Waals surface area contributed by atoms with Crippen molar-refractivity contribution in [3.63, 3.8) is 0 Å². The van der Waals surface area contributed by atoms with Gasteiger partial charge in [-0.1, -0.05) is 6.08 Å². The molecule has 2 heteroatoms. The summed E-state index contributed by atoms with van der Waals surface area (Å²) in [6.45, 7) is 3.71. The summed E-state index contributed by atoms with van der Waals surface area (Å²) < 4.78 is 0. The largest absolute Gasteiger partial charge is 0.294 e. The first-order valence-corrected chi connectivity index (χ1v) is 3.53. The molecule has 0 atom stereocenters. The Hall–Kier alpha value is -0.340. The second-order valence-electron chi connectivity index (χ2n) is 2.93. The Bertz CT molecular complexity index is 89.4. The summed E-state index contributed by atoms with van der Waals surface area (Å²) in [4.78, 5) is 4.36. The lowest BCUT2D eigenvalue weighted by atomic mass is 10.3. The third-order valence-corrected chi connectivity index (χ3v) is 1.57. The molecule has 0 bridgehead atoms. The van der Waals surface area contributed by atoms with E-state index in [0.717, 1.165) is 6.42 Å². The molecule has 0 saturated heterocycles. The van der Waals surface area contributed by atoms with Crippen LogP contribution in [-0.4, -0.2) is 44.2 Å². The minimum atomic E-state index is 0.484. The Morgan fingerprint density at radius 2 is 1.60 bits per heavy atom. The SMILES string of the molecule is C=CCC(N(C)C)N(C)C. The number of nitrogens with zero attached hydrogens (tertiary/aromatic N) is 2. The Labute approximate surface area is 64.1 Å². The van der Waals surface area contributed by atoms with Crippen molar-refractivity contribution in [2.75, 3.05) is 28.2 Å². The van der Waals surface area contributed by atoms with Gasteiger partial charge in [0.2, 0.25) is 0 Å². The molecule has 0 amide bonds. The van der Waals surface area contributed by atoms with Crippen LogP contribution in [0, 0.1) is 0 Å². The fraction of sp³-hybridized carbons (Fsp3) is 0.750. The second kappa shape index (κ2) is 4.47. The Morgan fingerprint density at radius 1 is 1.20 bits per heavy atom. The lowest BCUT2D eigenvalue weighted by Crippen LogP contribution is -2.39. The summed E-state index contributed by atoms with van der Waals surface area (Å²) in [7, 11) is 8.31. The fourth-order valence-electron chi connectivity index (χ4n) is 1.03. The molecule has 0 heterocycles. The van der Waals surface area contributed by atoms with Crippen molar-refractivity contribution in [1.82, 2.24) is 9.80 Å². The molecule has 0 rings (SSSR count). The minimum Gasteiger partial charge on any atom is -0.294 e. The highest BCUT2D eigenvalue weighted by Crippen LogP contribution is 2.01. The van der Waals surface area contributed by atoms with Crippen LogP contribution in [-0.2, 0) is 0 Å². The highest BCUT2D eigenvalue weighted by molar-refractivity contribution is 4.75. The molecule has 0 fully saturated rings. The number of hydrogen-bond donors (Lipinski definition) is 0. The molecule has 0 aliphatic heterocycles. The quantitative estimate of drug-likeness (QED) is 0.427. The zero-order chi connectivity index (χ0) is 8.15. The maximum absolute atomic E-state index is 3.71. The monoisotopic (exact) mass is 142 g/mol. The minimum absolute atomic E-state index is 0.484. The third-order valence-electron chi connectivity index (χ3n) is 1.57. The summed E-state index contributed by atoms with van der Waals surface area (Å²) in [5.74, 6) is 0. The Kier molecular flexibility index (Phi) is 4.32. The molecule has 0 unspecified atom stereocenters. The molecule has 0 aromatic heterocycles. The van der Waals surface area contributed by atoms with E-state index in [4.69, 9.17) is 0 Å². The van der Waals surface area contributed by atoms with Crippen molar-refractivity contribution in [3.05, 3.63) is 12.7 Å². The number of hydrogen-bond acceptors (Lipinski definition) is 2. The van der Waals surface area contributed by atoms with Crippen LogP contribution >= 0.6 is 0 Å². The normalized spacial score (nSPS) is 11.5. The first-order chi connectivity index (χ1) is 4.59. The van der Waals surface area contributed by atoms with E-state index in [9.17, 15) is 0 Å². The van der Waals surface area contributed by atoms with Crippen molar-refractivity contribution in [3.8, 4) is 0 Å². The molecular formula is C8H18N2. The van der Waals surface area contributed by atoms with Crippen LogP contribution in [0.4, 0.5) is 0 Å². The van der Waals surface area contributed by atoms with Crippen molar-refractivity contribution < 1.29 is 0 Å². The van der Waals surface area contributed by atoms with Gasteiger partial charge in [-0.15, -0.1) is 6.58 Å². The van der Waals surface area contributed by atoms with Crippen LogP contribution in [0.1, 0.15) is 6.42 Å². The average Bonchev–Trinajstić information content (AvgIpc) is 1.81. The predicted molar refractivity (Wildman–Crippen MR) is 46.0 cm³/mol. The molecular weight excluding hydrogens is 124 g/mol. The molecule has 0 aromatic carbocycles. The van der Waals surface area contributed by atoms with Crippen LogP contribution in [0.25, 0.3) is 0 Å². The maximum atomic E-state index is 3.71. The first kappa shape index (κ1) is 9.66. The molecule has 0 N–H and O–H groups in total. The summed E-state index contributed by atoms with van der Waals surface area (Å²) in [5, 5.41) is 0. The van der Waals surface area contributed by atoms with Crippen LogP contribution in [0.2, 0.25) is 0 Å². The fourth-order valence-corrected chi connectivity index (χ4v) is 1.03. The van der Waals surface area contributed by atoms with E-state index in [1.54, 1.807) is 0 Å². The maximum Gasteiger partial charge on any atom is 0.0647 e. The van der Waals surface area contributed by atoms with Gasteiger partial charge in [0.1, 0.15) is 0 Å². The molecule has 0 aromatic rings. The van der Waals surface area contributed by atoms with Gasteiger partial charge in [-0.25, -0.2) is 0 Å². The standard InChI is InChI=1S/C8H18N2/c1-6-7-8(9(2)3)10(4)5/h6,8H,1,7H2,2-5H3. The van der Waals surface area contributed by atoms with Gasteiger partial charge in [0.05, 0.1) is 6.17 Å². The van der Waals surface area contributed by atoms with Gasteiger partial charge < -0.3 is 0 Å². The van der Waals surface area contributed by atoms with E-state index < -0.39 is 0 Å². The smallest absolute Gasteiger partial charge is 0.0647 e. The lowest BCUT2D eigenvalue weighted by Gasteiger charge is -2.29. The van der Waals surface area contributed by atoms with Crippen molar-refractivity contribution in [1.29, 1.82) is 0 Å². The van der Waals surface area contributed by atoms with Gasteiger partial charge in [0.15, 0.2) is 0 Å². The Balaban J connectivity index is 3.84. The third kappa shape index (κ3) is 2.99. The lowest BCUT2D eigenvalue weighted by molar-refractivity contribution is 0.132. The summed E-state index contributed by atoms with van der Waals surface area (Å²) >= 11 is 0. The van der Waals surface area contributed by atoms with Crippen LogP contribution in [0.5, 0.6) is 0 Å². The highest BCUT2D eigenvalue weighted by Gasteiger charge is 2.10. The topological polar surface area (TPSA) is 6.48 Å². The molecule has 10 heavy (non-hydrogen) atoms. The summed E-state index contributed by atoms with van der Waals surface area (Å²) in [5.41, 5.74) is 0. The van der Waals surface area contributed by atoms with Crippen LogP contribution in [0.15, 0.2) is 12.7 Å². The van der Waals surface area contributed by atoms with Gasteiger partial charge in [-0.2, -0.15) is 0 Å². The molecule has 0 aliphatic rings. The average molecular weight is 142 g/mol. The molecule has 2 nitrogen and oxygen atoms in total. The van der Waals surface area contributed by atoms with Gasteiger partial charge >= 0.3 is 0 Å². The van der Waals surface area contributed by atoms with Gasteiger partial charge in [0, 0.05) is 0 Å². The summed E-state index contributed by atoms with van der Waals surface area (Å²) in [6, 6.07) is 0.